The lowest BCUT2D eigenvalue weighted by molar-refractivity contribution is 0.592. The van der Waals surface area contributed by atoms with Crippen LogP contribution in [0.3, 0.4) is 0 Å². The molecule has 2 nitrogen and oxygen atoms in total. The van der Waals surface area contributed by atoms with Crippen molar-refractivity contribution in [3.63, 3.8) is 0 Å². The molecule has 0 fully saturated rings. The van der Waals surface area contributed by atoms with Crippen LogP contribution >= 0.6 is 11.3 Å². The third kappa shape index (κ3) is 8.86. The topological polar surface area (TPSA) is 6.48 Å². The summed E-state index contributed by atoms with van der Waals surface area (Å²) >= 11 is 1.86. The van der Waals surface area contributed by atoms with E-state index in [9.17, 15) is 0 Å². The number of benzene rings is 13. The Morgan fingerprint density at radius 2 is 0.810 bits per heavy atom. The molecule has 0 bridgehead atoms. The highest BCUT2D eigenvalue weighted by Gasteiger charge is 2.37. The molecule has 0 spiro atoms. The van der Waals surface area contributed by atoms with Gasteiger partial charge in [-0.3, -0.25) is 0 Å². The maximum absolute atomic E-state index is 2.58. The van der Waals surface area contributed by atoms with E-state index in [0.717, 1.165) is 50.8 Å². The third-order valence-corrected chi connectivity index (χ3v) is 18.7. The van der Waals surface area contributed by atoms with Crippen molar-refractivity contribution in [2.75, 3.05) is 9.80 Å². The van der Waals surface area contributed by atoms with Crippen LogP contribution in [0.15, 0.2) is 285 Å². The molecule has 1 aliphatic rings. The van der Waals surface area contributed by atoms with Crippen LogP contribution in [0.2, 0.25) is 0 Å². The van der Waals surface area contributed by atoms with E-state index in [-0.39, 0.29) is 5.41 Å². The fourth-order valence-corrected chi connectivity index (χ4v) is 14.5. The number of hydrogen-bond acceptors (Lipinski definition) is 3. The summed E-state index contributed by atoms with van der Waals surface area (Å²) in [5, 5.41) is 7.49. The first-order valence-electron chi connectivity index (χ1n) is 29.3. The highest BCUT2D eigenvalue weighted by atomic mass is 32.1. The first-order chi connectivity index (χ1) is 41.0. The van der Waals surface area contributed by atoms with Crippen molar-refractivity contribution in [3.05, 3.63) is 302 Å². The molecule has 0 radical (unpaired) electrons. The van der Waals surface area contributed by atoms with E-state index in [4.69, 9.17) is 0 Å². The first-order valence-corrected chi connectivity index (χ1v) is 30.1. The van der Waals surface area contributed by atoms with Gasteiger partial charge in [-0.2, -0.15) is 0 Å². The smallest absolute Gasteiger partial charge is 0.0526 e. The molecule has 402 valence electrons. The van der Waals surface area contributed by atoms with E-state index in [1.807, 2.05) is 11.3 Å². The zero-order chi connectivity index (χ0) is 56.7. The number of fused-ring (bicyclic) bond motifs is 8. The molecule has 1 heterocycles. The van der Waals surface area contributed by atoms with Crippen LogP contribution in [0.4, 0.5) is 34.1 Å². The molecule has 13 aromatic carbocycles. The van der Waals surface area contributed by atoms with Crippen molar-refractivity contribution < 1.29 is 0 Å². The molecule has 1 aromatic heterocycles. The third-order valence-electron chi connectivity index (χ3n) is 17.5. The quantitative estimate of drug-likeness (QED) is 0.135. The molecule has 0 saturated heterocycles. The zero-order valence-electron chi connectivity index (χ0n) is 47.9. The van der Waals surface area contributed by atoms with Gasteiger partial charge in [0.1, 0.15) is 0 Å². The lowest BCUT2D eigenvalue weighted by atomic mass is 9.81. The molecule has 3 heteroatoms. The van der Waals surface area contributed by atoms with Gasteiger partial charge in [-0.15, -0.1) is 11.3 Å². The van der Waals surface area contributed by atoms with Crippen molar-refractivity contribution in [2.45, 2.75) is 45.4 Å². The highest BCUT2D eigenvalue weighted by Crippen LogP contribution is 2.55. The number of thiophene rings is 1. The van der Waals surface area contributed by atoms with Gasteiger partial charge < -0.3 is 9.80 Å². The molecule has 1 aliphatic carbocycles. The van der Waals surface area contributed by atoms with E-state index in [1.165, 1.54) is 97.4 Å². The molecular formula is C81H62N2S. The predicted octanol–water partition coefficient (Wildman–Crippen LogP) is 23.6. The Morgan fingerprint density at radius 1 is 0.298 bits per heavy atom. The highest BCUT2D eigenvalue weighted by molar-refractivity contribution is 7.25. The van der Waals surface area contributed by atoms with Gasteiger partial charge >= 0.3 is 0 Å². The van der Waals surface area contributed by atoms with Gasteiger partial charge in [0, 0.05) is 53.9 Å². The molecule has 84 heavy (non-hydrogen) atoms. The van der Waals surface area contributed by atoms with Gasteiger partial charge in [-0.05, 0) is 179 Å². The van der Waals surface area contributed by atoms with Crippen molar-refractivity contribution >= 4 is 87.2 Å². The second-order valence-corrected chi connectivity index (χ2v) is 25.2. The normalized spacial score (nSPS) is 12.7. The molecule has 14 aromatic rings. The average molecular weight is 1100 g/mol. The molecule has 0 atom stereocenters. The Balaban J connectivity index is 1.02. The summed E-state index contributed by atoms with van der Waals surface area (Å²) in [6.07, 6.45) is 0. The summed E-state index contributed by atoms with van der Waals surface area (Å²) in [5.74, 6) is 0. The zero-order valence-corrected chi connectivity index (χ0v) is 48.8. The van der Waals surface area contributed by atoms with Crippen LogP contribution in [0.5, 0.6) is 0 Å². The molecule has 0 N–H and O–H groups in total. The van der Waals surface area contributed by atoms with Crippen LogP contribution in [-0.2, 0) is 10.8 Å². The van der Waals surface area contributed by atoms with Gasteiger partial charge in [0.2, 0.25) is 0 Å². The summed E-state index contributed by atoms with van der Waals surface area (Å²) in [5.41, 5.74) is 21.8. The summed E-state index contributed by atoms with van der Waals surface area (Å²) in [6.45, 7) is 12.0. The molecule has 0 saturated carbocycles. The van der Waals surface area contributed by atoms with Gasteiger partial charge in [0.05, 0.1) is 11.4 Å². The number of anilines is 6. The lowest BCUT2D eigenvalue weighted by Crippen LogP contribution is -2.24. The molecule has 15 rings (SSSR count). The van der Waals surface area contributed by atoms with E-state index in [0.29, 0.717) is 0 Å². The second kappa shape index (κ2) is 20.3. The first kappa shape index (κ1) is 51.1. The maximum Gasteiger partial charge on any atom is 0.0526 e. The number of nitrogens with zero attached hydrogens (tertiary/aromatic N) is 2. The summed E-state index contributed by atoms with van der Waals surface area (Å²) in [4.78, 5) is 5.11. The standard InChI is InChI=1S/C81H62N2S/c1-80(2,3)79-75(82(63-40-35-55(36-41-63)53-19-7-6-8-20-53)64-42-37-57(38-43-64)68-30-18-24-56-22-11-12-27-67(56)68)50-62(61-39-46-78-72(49-61)71-29-14-16-32-77(71)84-78)51-76(79)83(66-44-45-70-69-28-13-15-31-73(69)81(4,5)74(70)52-66)65-26-17-25-59(48-65)60-34-33-54-21-9-10-23-58(54)47-60/h6-52H,1-5H3. The van der Waals surface area contributed by atoms with E-state index in [1.54, 1.807) is 0 Å². The minimum Gasteiger partial charge on any atom is -0.310 e. The number of hydrogen-bond donors (Lipinski definition) is 0. The Kier molecular flexibility index (Phi) is 12.3. The van der Waals surface area contributed by atoms with Gasteiger partial charge in [0.25, 0.3) is 0 Å². The summed E-state index contributed by atoms with van der Waals surface area (Å²) in [6, 6.07) is 106. The van der Waals surface area contributed by atoms with Crippen molar-refractivity contribution in [2.24, 2.45) is 0 Å². The summed E-state index contributed by atoms with van der Waals surface area (Å²) < 4.78 is 2.58. The Labute approximate surface area is 496 Å². The molecule has 0 unspecified atom stereocenters. The predicted molar refractivity (Wildman–Crippen MR) is 362 cm³/mol. The van der Waals surface area contributed by atoms with Crippen molar-refractivity contribution in [1.82, 2.24) is 0 Å². The fraction of sp³-hybridized carbons (Fsp3) is 0.0864. The Morgan fingerprint density at radius 3 is 1.58 bits per heavy atom. The molecule has 0 aliphatic heterocycles. The lowest BCUT2D eigenvalue weighted by Gasteiger charge is -2.38. The van der Waals surface area contributed by atoms with Crippen LogP contribution in [0, 0.1) is 0 Å². The van der Waals surface area contributed by atoms with Crippen LogP contribution in [-0.4, -0.2) is 0 Å². The van der Waals surface area contributed by atoms with E-state index >= 15 is 0 Å². The van der Waals surface area contributed by atoms with Crippen molar-refractivity contribution in [3.8, 4) is 55.6 Å². The van der Waals surface area contributed by atoms with E-state index < -0.39 is 5.41 Å². The van der Waals surface area contributed by atoms with E-state index in [2.05, 4.69) is 330 Å². The number of rotatable bonds is 10. The largest absolute Gasteiger partial charge is 0.310 e. The van der Waals surface area contributed by atoms with Gasteiger partial charge in [-0.25, -0.2) is 0 Å². The average Bonchev–Trinajstić information content (AvgIpc) is 3.75. The van der Waals surface area contributed by atoms with Crippen LogP contribution < -0.4 is 9.80 Å². The SMILES string of the molecule is CC(C)(C)c1c(N(c2ccc(-c3ccccc3)cc2)c2ccc(-c3cccc4ccccc34)cc2)cc(-c2ccc3sc4ccccc4c3c2)cc1N(c1cccc(-c2ccc3ccccc3c2)c1)c1ccc2c(c1)C(C)(C)c1ccccc1-2. The Bertz CT molecular complexity index is 4840. The van der Waals surface area contributed by atoms with Crippen molar-refractivity contribution in [1.29, 1.82) is 0 Å². The Hall–Kier alpha value is -9.80. The molecule has 0 amide bonds. The maximum atomic E-state index is 2.58. The second-order valence-electron chi connectivity index (χ2n) is 24.1. The van der Waals surface area contributed by atoms with Crippen LogP contribution in [0.25, 0.3) is 97.4 Å². The minimum atomic E-state index is -0.401. The van der Waals surface area contributed by atoms with Gasteiger partial charge in [0.15, 0.2) is 0 Å². The molecular weight excluding hydrogens is 1030 g/mol. The summed E-state index contributed by atoms with van der Waals surface area (Å²) in [7, 11) is 0. The minimum absolute atomic E-state index is 0.222. The monoisotopic (exact) mass is 1090 g/mol. The van der Waals surface area contributed by atoms with Gasteiger partial charge in [-0.1, -0.05) is 235 Å². The fourth-order valence-electron chi connectivity index (χ4n) is 13.4. The van der Waals surface area contributed by atoms with Crippen LogP contribution in [0.1, 0.15) is 51.3 Å².